The number of thiol groups is 1. The fourth-order valence-electron chi connectivity index (χ4n) is 9.25. The molecule has 4 aromatic carbocycles. The molecule has 8 heteroatoms. The predicted molar refractivity (Wildman–Crippen MR) is 264 cm³/mol. The zero-order valence-electron chi connectivity index (χ0n) is 34.5. The molecule has 1 N–H and O–H groups in total. The number of aryl methyl sites for hydroxylation is 2. The van der Waals surface area contributed by atoms with Crippen molar-refractivity contribution in [1.82, 2.24) is 19.5 Å². The van der Waals surface area contributed by atoms with Crippen LogP contribution in [0.5, 0.6) is 0 Å². The number of pyridine rings is 2. The van der Waals surface area contributed by atoms with Crippen LogP contribution in [0.4, 0.5) is 5.69 Å². The second-order valence-corrected chi connectivity index (χ2v) is 16.9. The SMILES string of the molecule is CC=C=C/C=C\CN1c2c(C)cc(-c3cnccc3C(=N)S)cc2C2=CC1C(c1cccc3c4cc(-c5cnccc5-c5nccs5)cc(C)c4n(-c4ccccc4)c13)=CC=C2. The van der Waals surface area contributed by atoms with Crippen molar-refractivity contribution in [2.75, 3.05) is 11.4 Å². The average Bonchev–Trinajstić information content (AvgIpc) is 3.91. The second-order valence-electron chi connectivity index (χ2n) is 15.5. The molecule has 0 saturated carbocycles. The molecule has 2 aliphatic rings. The van der Waals surface area contributed by atoms with Gasteiger partial charge in [-0.1, -0.05) is 66.8 Å². The van der Waals surface area contributed by atoms with Gasteiger partial charge in [0.05, 0.1) is 22.1 Å². The monoisotopic (exact) mass is 838 g/mol. The number of aromatic nitrogens is 4. The maximum Gasteiger partial charge on any atom is 0.123 e. The topological polar surface area (TPSA) is 70.7 Å². The fourth-order valence-corrected chi connectivity index (χ4v) is 10.1. The summed E-state index contributed by atoms with van der Waals surface area (Å²) in [7, 11) is 0. The number of benzene rings is 4. The van der Waals surface area contributed by atoms with Gasteiger partial charge in [0.25, 0.3) is 0 Å². The first-order valence-electron chi connectivity index (χ1n) is 20.7. The highest BCUT2D eigenvalue weighted by Gasteiger charge is 2.33. The Morgan fingerprint density at radius 1 is 0.823 bits per heavy atom. The Labute approximate surface area is 370 Å². The van der Waals surface area contributed by atoms with Crippen LogP contribution in [0.1, 0.15) is 34.7 Å². The fraction of sp³-hybridized carbons (Fsp3) is 0.0926. The molecule has 0 fully saturated rings. The largest absolute Gasteiger partial charge is 0.356 e. The van der Waals surface area contributed by atoms with Crippen molar-refractivity contribution in [2.24, 2.45) is 0 Å². The first-order valence-corrected chi connectivity index (χ1v) is 22.0. The quantitative estimate of drug-likeness (QED) is 0.0499. The number of hydrogen-bond acceptors (Lipinski definition) is 6. The molecule has 4 aromatic heterocycles. The van der Waals surface area contributed by atoms with E-state index >= 15 is 0 Å². The first kappa shape index (κ1) is 39.1. The Morgan fingerprint density at radius 2 is 1.63 bits per heavy atom. The summed E-state index contributed by atoms with van der Waals surface area (Å²) in [6, 6.07) is 30.5. The molecule has 62 heavy (non-hydrogen) atoms. The molecule has 1 aliphatic carbocycles. The van der Waals surface area contributed by atoms with Gasteiger partial charge in [0.1, 0.15) is 5.01 Å². The van der Waals surface area contributed by atoms with E-state index in [9.17, 15) is 0 Å². The molecule has 10 rings (SSSR count). The normalized spacial score (nSPS) is 14.4. The van der Waals surface area contributed by atoms with Gasteiger partial charge >= 0.3 is 0 Å². The van der Waals surface area contributed by atoms with Crippen molar-refractivity contribution in [3.05, 3.63) is 203 Å². The zero-order chi connectivity index (χ0) is 42.3. The van der Waals surface area contributed by atoms with E-state index in [4.69, 9.17) is 5.41 Å². The van der Waals surface area contributed by atoms with Gasteiger partial charge in [0, 0.05) is 98.4 Å². The lowest BCUT2D eigenvalue weighted by Crippen LogP contribution is -2.38. The zero-order valence-corrected chi connectivity index (χ0v) is 36.3. The summed E-state index contributed by atoms with van der Waals surface area (Å²) in [4.78, 5) is 16.2. The number of nitrogens with zero attached hydrogens (tertiary/aromatic N) is 5. The number of thiazole rings is 1. The van der Waals surface area contributed by atoms with Gasteiger partial charge in [0.2, 0.25) is 0 Å². The molecule has 300 valence electrons. The second kappa shape index (κ2) is 16.4. The van der Waals surface area contributed by atoms with Gasteiger partial charge in [0.15, 0.2) is 0 Å². The Bertz CT molecular complexity index is 3270. The predicted octanol–water partition coefficient (Wildman–Crippen LogP) is 13.4. The van der Waals surface area contributed by atoms with Gasteiger partial charge in [-0.05, 0) is 121 Å². The molecule has 5 heterocycles. The number of hydrogen-bond donors (Lipinski definition) is 2. The summed E-state index contributed by atoms with van der Waals surface area (Å²) in [6.45, 7) is 7.08. The molecule has 1 atom stereocenters. The molecule has 0 radical (unpaired) electrons. The number of allylic oxidation sites excluding steroid dienone is 6. The molecular formula is C54H42N6S2. The number of nitrogens with one attached hydrogen (secondary N) is 1. The maximum absolute atomic E-state index is 8.40. The molecule has 1 unspecified atom stereocenters. The van der Waals surface area contributed by atoms with E-state index in [1.807, 2.05) is 55.3 Å². The summed E-state index contributed by atoms with van der Waals surface area (Å²) >= 11 is 6.08. The number of para-hydroxylation sites is 2. The lowest BCUT2D eigenvalue weighted by Gasteiger charge is -2.39. The van der Waals surface area contributed by atoms with Gasteiger partial charge in [-0.25, -0.2) is 4.98 Å². The number of anilines is 1. The van der Waals surface area contributed by atoms with Crippen molar-refractivity contribution < 1.29 is 0 Å². The van der Waals surface area contributed by atoms with Gasteiger partial charge in [-0.2, -0.15) is 0 Å². The van der Waals surface area contributed by atoms with Gasteiger partial charge in [-0.15, -0.1) is 29.7 Å². The van der Waals surface area contributed by atoms with Crippen molar-refractivity contribution in [3.63, 3.8) is 0 Å². The molecule has 1 aliphatic heterocycles. The third-order valence-corrected chi connectivity index (χ3v) is 12.9. The van der Waals surface area contributed by atoms with Crippen LogP contribution in [0.25, 0.3) is 71.5 Å². The third kappa shape index (κ3) is 6.79. The Hall–Kier alpha value is -7.09. The Kier molecular flexibility index (Phi) is 10.3. The van der Waals surface area contributed by atoms with Crippen LogP contribution in [-0.4, -0.2) is 37.1 Å². The molecule has 0 saturated heterocycles. The van der Waals surface area contributed by atoms with Crippen LogP contribution in [0.2, 0.25) is 0 Å². The smallest absolute Gasteiger partial charge is 0.123 e. The summed E-state index contributed by atoms with van der Waals surface area (Å²) in [6.07, 6.45) is 26.6. The first-order chi connectivity index (χ1) is 30.4. The highest BCUT2D eigenvalue weighted by molar-refractivity contribution is 7.97. The van der Waals surface area contributed by atoms with Crippen molar-refractivity contribution in [1.29, 1.82) is 5.41 Å². The average molecular weight is 839 g/mol. The minimum absolute atomic E-state index is 0.0901. The summed E-state index contributed by atoms with van der Waals surface area (Å²) < 4.78 is 2.47. The minimum Gasteiger partial charge on any atom is -0.356 e. The lowest BCUT2D eigenvalue weighted by molar-refractivity contribution is 0.842. The van der Waals surface area contributed by atoms with Crippen LogP contribution in [0, 0.1) is 19.3 Å². The minimum atomic E-state index is -0.0901. The van der Waals surface area contributed by atoms with Crippen molar-refractivity contribution in [3.8, 4) is 38.5 Å². The van der Waals surface area contributed by atoms with Crippen LogP contribution in [0.3, 0.4) is 0 Å². The third-order valence-electron chi connectivity index (χ3n) is 11.8. The molecule has 8 aromatic rings. The van der Waals surface area contributed by atoms with Crippen LogP contribution in [-0.2, 0) is 0 Å². The molecule has 0 amide bonds. The van der Waals surface area contributed by atoms with Crippen molar-refractivity contribution >= 4 is 67.6 Å². The van der Waals surface area contributed by atoms with Crippen LogP contribution >= 0.6 is 24.0 Å². The molecule has 0 spiro atoms. The van der Waals surface area contributed by atoms with Gasteiger partial charge in [-0.3, -0.25) is 15.4 Å². The summed E-state index contributed by atoms with van der Waals surface area (Å²) in [5, 5.41) is 14.0. The van der Waals surface area contributed by atoms with E-state index in [2.05, 4.69) is 172 Å². The lowest BCUT2D eigenvalue weighted by atomic mass is 9.86. The van der Waals surface area contributed by atoms with E-state index in [0.29, 0.717) is 6.54 Å². The standard InChI is InChI=1S/C54H42N6S2/c1-4-5-6-7-11-25-59-49-31-36(45-29-37(27-34(2)50(45)59)47-32-56-22-20-43(47)53(55)61)14-12-17-40(49)41-18-13-19-42-46-30-38(48-33-57-23-21-44(48)54-58-24-26-62-54)28-35(3)51(46)60(52(41)42)39-15-9-8-10-16-39/h4,6-24,26-33,49H,25H2,1-3H3,(H2,55,61)/b11-7-. The van der Waals surface area contributed by atoms with E-state index in [1.165, 1.54) is 44.2 Å². The van der Waals surface area contributed by atoms with Crippen LogP contribution in [0.15, 0.2) is 176 Å². The molecule has 6 nitrogen and oxygen atoms in total. The van der Waals surface area contributed by atoms with Gasteiger partial charge < -0.3 is 9.47 Å². The molecular weight excluding hydrogens is 797 g/mol. The van der Waals surface area contributed by atoms with Crippen molar-refractivity contribution in [2.45, 2.75) is 26.8 Å². The summed E-state index contributed by atoms with van der Waals surface area (Å²) in [5.74, 6) is 0. The Balaban J connectivity index is 1.19. The van der Waals surface area contributed by atoms with Crippen LogP contribution < -0.4 is 4.90 Å². The number of rotatable bonds is 9. The highest BCUT2D eigenvalue weighted by Crippen LogP contribution is 2.47. The van der Waals surface area contributed by atoms with E-state index < -0.39 is 0 Å². The summed E-state index contributed by atoms with van der Waals surface area (Å²) in [5.41, 5.74) is 20.8. The Morgan fingerprint density at radius 3 is 2.44 bits per heavy atom. The maximum atomic E-state index is 8.40. The van der Waals surface area contributed by atoms with E-state index in [0.717, 1.165) is 60.8 Å². The number of fused-ring (bicyclic) bond motifs is 6. The highest BCUT2D eigenvalue weighted by atomic mass is 32.1. The van der Waals surface area contributed by atoms with E-state index in [1.54, 1.807) is 17.5 Å². The van der Waals surface area contributed by atoms with E-state index in [-0.39, 0.29) is 11.1 Å². The molecule has 2 bridgehead atoms.